The van der Waals surface area contributed by atoms with Crippen LogP contribution in [-0.2, 0) is 14.3 Å². The average molecular weight is 307 g/mol. The minimum atomic E-state index is -0.658. The topological polar surface area (TPSA) is 82.4 Å². The van der Waals surface area contributed by atoms with Crippen LogP contribution in [0.3, 0.4) is 0 Å². The zero-order valence-electron chi connectivity index (χ0n) is 13.1. The maximum atomic E-state index is 12.7. The van der Waals surface area contributed by atoms with Crippen molar-refractivity contribution >= 4 is 11.8 Å². The number of ether oxygens (including phenoxy) is 1. The van der Waals surface area contributed by atoms with Gasteiger partial charge in [-0.3, -0.25) is 9.59 Å². The summed E-state index contributed by atoms with van der Waals surface area (Å²) in [6, 6.07) is 1.90. The van der Waals surface area contributed by atoms with Gasteiger partial charge in [0.05, 0.1) is 19.3 Å². The van der Waals surface area contributed by atoms with E-state index < -0.39 is 5.92 Å². The molecule has 6 heteroatoms. The van der Waals surface area contributed by atoms with Gasteiger partial charge in [0, 0.05) is 13.1 Å². The quantitative estimate of drug-likeness (QED) is 0.608. The van der Waals surface area contributed by atoms with Gasteiger partial charge < -0.3 is 15.0 Å². The van der Waals surface area contributed by atoms with E-state index in [9.17, 15) is 9.59 Å². The van der Waals surface area contributed by atoms with E-state index in [0.29, 0.717) is 38.6 Å². The Morgan fingerprint density at radius 3 is 2.55 bits per heavy atom. The third kappa shape index (κ3) is 4.70. The Morgan fingerprint density at radius 2 is 1.91 bits per heavy atom. The highest BCUT2D eigenvalue weighted by atomic mass is 16.5. The SMILES string of the molecule is N#CCNC(=O)C(CC1CCCCC1)C(=O)N1CCOCC1. The molecular formula is C16H25N3O3. The molecule has 122 valence electrons. The van der Waals surface area contributed by atoms with Crippen molar-refractivity contribution in [1.29, 1.82) is 5.26 Å². The molecule has 1 atom stereocenters. The summed E-state index contributed by atoms with van der Waals surface area (Å²) in [5, 5.41) is 11.2. The first-order valence-corrected chi connectivity index (χ1v) is 8.23. The largest absolute Gasteiger partial charge is 0.378 e. The molecule has 1 aliphatic carbocycles. The first-order chi connectivity index (χ1) is 10.7. The molecule has 22 heavy (non-hydrogen) atoms. The van der Waals surface area contributed by atoms with E-state index in [4.69, 9.17) is 10.00 Å². The van der Waals surface area contributed by atoms with Crippen LogP contribution in [0.15, 0.2) is 0 Å². The molecule has 1 saturated heterocycles. The Morgan fingerprint density at radius 1 is 1.23 bits per heavy atom. The van der Waals surface area contributed by atoms with Gasteiger partial charge in [-0.05, 0) is 12.3 Å². The van der Waals surface area contributed by atoms with Crippen LogP contribution in [0.1, 0.15) is 38.5 Å². The first kappa shape index (κ1) is 16.8. The van der Waals surface area contributed by atoms with Crippen LogP contribution >= 0.6 is 0 Å². The van der Waals surface area contributed by atoms with Crippen LogP contribution in [0.4, 0.5) is 0 Å². The van der Waals surface area contributed by atoms with Crippen LogP contribution in [0.25, 0.3) is 0 Å². The van der Waals surface area contributed by atoms with E-state index in [2.05, 4.69) is 5.32 Å². The molecule has 1 N–H and O–H groups in total. The molecule has 0 aromatic heterocycles. The zero-order valence-corrected chi connectivity index (χ0v) is 13.1. The highest BCUT2D eigenvalue weighted by Crippen LogP contribution is 2.30. The molecule has 0 spiro atoms. The number of hydrogen-bond acceptors (Lipinski definition) is 4. The van der Waals surface area contributed by atoms with Gasteiger partial charge in [0.1, 0.15) is 12.5 Å². The van der Waals surface area contributed by atoms with E-state index in [0.717, 1.165) is 12.8 Å². The van der Waals surface area contributed by atoms with Crippen molar-refractivity contribution in [3.05, 3.63) is 0 Å². The van der Waals surface area contributed by atoms with Crippen LogP contribution in [0.2, 0.25) is 0 Å². The lowest BCUT2D eigenvalue weighted by atomic mass is 9.82. The minimum Gasteiger partial charge on any atom is -0.378 e. The Labute approximate surface area is 131 Å². The zero-order chi connectivity index (χ0) is 15.8. The maximum absolute atomic E-state index is 12.7. The van der Waals surface area contributed by atoms with Gasteiger partial charge in [-0.25, -0.2) is 0 Å². The molecule has 2 amide bonds. The van der Waals surface area contributed by atoms with Gasteiger partial charge in [-0.2, -0.15) is 5.26 Å². The van der Waals surface area contributed by atoms with Gasteiger partial charge in [-0.15, -0.1) is 0 Å². The normalized spacial score (nSPS) is 21.0. The van der Waals surface area contributed by atoms with Crippen molar-refractivity contribution < 1.29 is 14.3 Å². The lowest BCUT2D eigenvalue weighted by molar-refractivity contribution is -0.146. The summed E-state index contributed by atoms with van der Waals surface area (Å²) in [6.07, 6.45) is 6.41. The summed E-state index contributed by atoms with van der Waals surface area (Å²) in [7, 11) is 0. The Kier molecular flexibility index (Phi) is 6.66. The first-order valence-electron chi connectivity index (χ1n) is 8.23. The number of hydrogen-bond donors (Lipinski definition) is 1. The smallest absolute Gasteiger partial charge is 0.235 e. The van der Waals surface area contributed by atoms with E-state index in [1.807, 2.05) is 6.07 Å². The van der Waals surface area contributed by atoms with Crippen molar-refractivity contribution in [3.63, 3.8) is 0 Å². The molecule has 0 aromatic rings. The lowest BCUT2D eigenvalue weighted by Crippen LogP contribution is -2.48. The van der Waals surface area contributed by atoms with Crippen molar-refractivity contribution in [3.8, 4) is 6.07 Å². The third-order valence-corrected chi connectivity index (χ3v) is 4.57. The Hall–Kier alpha value is -1.61. The molecule has 1 saturated carbocycles. The standard InChI is InChI=1S/C16H25N3O3/c17-6-7-18-15(20)14(12-13-4-2-1-3-5-13)16(21)19-8-10-22-11-9-19/h13-14H,1-5,7-12H2,(H,18,20). The fraction of sp³-hybridized carbons (Fsp3) is 0.812. The number of carbonyl (C=O) groups excluding carboxylic acids is 2. The molecule has 6 nitrogen and oxygen atoms in total. The molecule has 1 unspecified atom stereocenters. The monoisotopic (exact) mass is 307 g/mol. The summed E-state index contributed by atoms with van der Waals surface area (Å²) in [4.78, 5) is 26.7. The van der Waals surface area contributed by atoms with Crippen LogP contribution in [0.5, 0.6) is 0 Å². The second kappa shape index (κ2) is 8.74. The third-order valence-electron chi connectivity index (χ3n) is 4.57. The fourth-order valence-corrected chi connectivity index (χ4v) is 3.33. The number of nitrogens with zero attached hydrogens (tertiary/aromatic N) is 2. The minimum absolute atomic E-state index is 0.0452. The van der Waals surface area contributed by atoms with Gasteiger partial charge in [0.15, 0.2) is 0 Å². The predicted octanol–water partition coefficient (Wildman–Crippen LogP) is 1.07. The maximum Gasteiger partial charge on any atom is 0.235 e. The number of rotatable bonds is 5. The molecule has 2 aliphatic rings. The summed E-state index contributed by atoms with van der Waals surface area (Å²) in [5.41, 5.74) is 0. The van der Waals surface area contributed by atoms with E-state index in [1.54, 1.807) is 4.90 Å². The van der Waals surface area contributed by atoms with Crippen LogP contribution in [-0.4, -0.2) is 49.6 Å². The van der Waals surface area contributed by atoms with Gasteiger partial charge >= 0.3 is 0 Å². The average Bonchev–Trinajstić information content (AvgIpc) is 2.58. The highest BCUT2D eigenvalue weighted by Gasteiger charge is 2.33. The van der Waals surface area contributed by atoms with Crippen LogP contribution in [0, 0.1) is 23.2 Å². The molecule has 0 aromatic carbocycles. The number of carbonyl (C=O) groups is 2. The highest BCUT2D eigenvalue weighted by molar-refractivity contribution is 6.00. The summed E-state index contributed by atoms with van der Waals surface area (Å²) in [6.45, 7) is 2.11. The molecule has 0 radical (unpaired) electrons. The fourth-order valence-electron chi connectivity index (χ4n) is 3.33. The van der Waals surface area contributed by atoms with Crippen molar-refractivity contribution in [1.82, 2.24) is 10.2 Å². The predicted molar refractivity (Wildman–Crippen MR) is 80.7 cm³/mol. The Bertz CT molecular complexity index is 421. The molecule has 2 fully saturated rings. The van der Waals surface area contributed by atoms with Crippen molar-refractivity contribution in [2.75, 3.05) is 32.8 Å². The molecular weight excluding hydrogens is 282 g/mol. The van der Waals surface area contributed by atoms with E-state index >= 15 is 0 Å². The number of morpholine rings is 1. The Balaban J connectivity index is 2.00. The summed E-state index contributed by atoms with van der Waals surface area (Å²) < 4.78 is 5.27. The van der Waals surface area contributed by atoms with Gasteiger partial charge in [0.25, 0.3) is 0 Å². The number of nitriles is 1. The van der Waals surface area contributed by atoms with Crippen LogP contribution < -0.4 is 5.32 Å². The van der Waals surface area contributed by atoms with Gasteiger partial charge in [-0.1, -0.05) is 32.1 Å². The van der Waals surface area contributed by atoms with E-state index in [1.165, 1.54) is 19.3 Å². The van der Waals surface area contributed by atoms with Crippen molar-refractivity contribution in [2.45, 2.75) is 38.5 Å². The van der Waals surface area contributed by atoms with E-state index in [-0.39, 0.29) is 18.4 Å². The van der Waals surface area contributed by atoms with Crippen molar-refractivity contribution in [2.24, 2.45) is 11.8 Å². The van der Waals surface area contributed by atoms with Gasteiger partial charge in [0.2, 0.25) is 11.8 Å². The lowest BCUT2D eigenvalue weighted by Gasteiger charge is -2.32. The summed E-state index contributed by atoms with van der Waals surface area (Å²) >= 11 is 0. The second-order valence-electron chi connectivity index (χ2n) is 6.11. The second-order valence-corrected chi connectivity index (χ2v) is 6.11. The molecule has 2 rings (SSSR count). The molecule has 1 aliphatic heterocycles. The summed E-state index contributed by atoms with van der Waals surface area (Å²) in [5.74, 6) is -0.626. The number of amides is 2. The molecule has 1 heterocycles. The number of nitrogens with one attached hydrogen (secondary N) is 1. The molecule has 0 bridgehead atoms.